The van der Waals surface area contributed by atoms with Crippen LogP contribution in [0, 0.1) is 6.92 Å². The molecule has 6 heteroatoms. The molecule has 1 amide bonds. The molecule has 1 saturated heterocycles. The average molecular weight is 372 g/mol. The predicted octanol–water partition coefficient (Wildman–Crippen LogP) is 2.75. The summed E-state index contributed by atoms with van der Waals surface area (Å²) in [6.45, 7) is 3.37. The first-order valence-electron chi connectivity index (χ1n) is 8.91. The van der Waals surface area contributed by atoms with Gasteiger partial charge in [0.05, 0.1) is 4.90 Å². The lowest BCUT2D eigenvalue weighted by Crippen LogP contribution is -2.29. The molecular formula is C20H24N2O3S. The zero-order chi connectivity index (χ0) is 18.6. The fourth-order valence-corrected chi connectivity index (χ4v) is 4.92. The van der Waals surface area contributed by atoms with Crippen LogP contribution in [-0.4, -0.2) is 38.3 Å². The van der Waals surface area contributed by atoms with Crippen LogP contribution in [-0.2, 0) is 16.4 Å². The van der Waals surface area contributed by atoms with Crippen LogP contribution in [0.15, 0.2) is 53.4 Å². The number of rotatable bonds is 6. The fourth-order valence-electron chi connectivity index (χ4n) is 3.15. The molecule has 0 radical (unpaired) electrons. The molecule has 1 aliphatic rings. The summed E-state index contributed by atoms with van der Waals surface area (Å²) in [7, 11) is -3.54. The van der Waals surface area contributed by atoms with Crippen LogP contribution < -0.4 is 5.32 Å². The van der Waals surface area contributed by atoms with Gasteiger partial charge in [0.15, 0.2) is 0 Å². The van der Waals surface area contributed by atoms with Gasteiger partial charge in [-0.1, -0.05) is 36.4 Å². The van der Waals surface area contributed by atoms with E-state index in [0.29, 0.717) is 30.8 Å². The van der Waals surface area contributed by atoms with E-state index < -0.39 is 10.0 Å². The Balaban J connectivity index is 1.71. The van der Waals surface area contributed by atoms with E-state index in [-0.39, 0.29) is 10.8 Å². The molecule has 0 spiro atoms. The summed E-state index contributed by atoms with van der Waals surface area (Å²) in [5.74, 6) is -0.251. The van der Waals surface area contributed by atoms with Gasteiger partial charge in [0.25, 0.3) is 5.91 Å². The number of amides is 1. The van der Waals surface area contributed by atoms with Gasteiger partial charge in [-0.3, -0.25) is 4.79 Å². The SMILES string of the molecule is Cc1ccc(C(=O)NCCc2ccccc2)cc1S(=O)(=O)N1CCCC1. The number of nitrogens with one attached hydrogen (secondary N) is 1. The third kappa shape index (κ3) is 4.14. The van der Waals surface area contributed by atoms with Crippen molar-refractivity contribution in [1.82, 2.24) is 9.62 Å². The number of benzene rings is 2. The fraction of sp³-hybridized carbons (Fsp3) is 0.350. The molecular weight excluding hydrogens is 348 g/mol. The molecule has 1 aliphatic heterocycles. The maximum absolute atomic E-state index is 12.8. The molecule has 0 aromatic heterocycles. The number of sulfonamides is 1. The minimum absolute atomic E-state index is 0.232. The Morgan fingerprint density at radius 1 is 1.08 bits per heavy atom. The highest BCUT2D eigenvalue weighted by molar-refractivity contribution is 7.89. The molecule has 1 fully saturated rings. The first-order valence-corrected chi connectivity index (χ1v) is 10.4. The number of hydrogen-bond acceptors (Lipinski definition) is 3. The molecule has 0 saturated carbocycles. The lowest BCUT2D eigenvalue weighted by molar-refractivity contribution is 0.0954. The summed E-state index contributed by atoms with van der Waals surface area (Å²) in [5.41, 5.74) is 2.19. The highest BCUT2D eigenvalue weighted by atomic mass is 32.2. The predicted molar refractivity (Wildman–Crippen MR) is 102 cm³/mol. The van der Waals surface area contributed by atoms with Crippen molar-refractivity contribution in [1.29, 1.82) is 0 Å². The van der Waals surface area contributed by atoms with E-state index in [9.17, 15) is 13.2 Å². The minimum atomic E-state index is -3.54. The lowest BCUT2D eigenvalue weighted by Gasteiger charge is -2.17. The highest BCUT2D eigenvalue weighted by Crippen LogP contribution is 2.24. The van der Waals surface area contributed by atoms with E-state index in [1.165, 1.54) is 10.4 Å². The van der Waals surface area contributed by atoms with Crippen molar-refractivity contribution in [2.24, 2.45) is 0 Å². The summed E-state index contributed by atoms with van der Waals surface area (Å²) in [6.07, 6.45) is 2.51. The Kier molecular flexibility index (Phi) is 5.74. The van der Waals surface area contributed by atoms with Crippen LogP contribution in [0.2, 0.25) is 0 Å². The van der Waals surface area contributed by atoms with E-state index >= 15 is 0 Å². The van der Waals surface area contributed by atoms with Gasteiger partial charge in [0.2, 0.25) is 10.0 Å². The van der Waals surface area contributed by atoms with Crippen molar-refractivity contribution in [2.75, 3.05) is 19.6 Å². The second-order valence-corrected chi connectivity index (χ2v) is 8.49. The maximum atomic E-state index is 12.8. The molecule has 5 nitrogen and oxygen atoms in total. The smallest absolute Gasteiger partial charge is 0.251 e. The van der Waals surface area contributed by atoms with E-state index in [0.717, 1.165) is 24.8 Å². The van der Waals surface area contributed by atoms with Crippen molar-refractivity contribution >= 4 is 15.9 Å². The van der Waals surface area contributed by atoms with E-state index in [1.807, 2.05) is 30.3 Å². The van der Waals surface area contributed by atoms with Crippen molar-refractivity contribution in [2.45, 2.75) is 31.1 Å². The van der Waals surface area contributed by atoms with Crippen molar-refractivity contribution in [3.8, 4) is 0 Å². The van der Waals surface area contributed by atoms with E-state index in [1.54, 1.807) is 19.1 Å². The van der Waals surface area contributed by atoms with Gasteiger partial charge in [-0.05, 0) is 49.4 Å². The van der Waals surface area contributed by atoms with E-state index in [2.05, 4.69) is 5.32 Å². The summed E-state index contributed by atoms with van der Waals surface area (Å²) >= 11 is 0. The number of carbonyl (C=O) groups is 1. The summed E-state index contributed by atoms with van der Waals surface area (Å²) in [6, 6.07) is 14.8. The van der Waals surface area contributed by atoms with Gasteiger partial charge in [0, 0.05) is 25.2 Å². The van der Waals surface area contributed by atoms with Crippen LogP contribution in [0.1, 0.15) is 34.3 Å². The molecule has 1 heterocycles. The Morgan fingerprint density at radius 3 is 2.46 bits per heavy atom. The molecule has 0 aliphatic carbocycles. The Labute approximate surface area is 155 Å². The van der Waals surface area contributed by atoms with Gasteiger partial charge < -0.3 is 5.32 Å². The van der Waals surface area contributed by atoms with E-state index in [4.69, 9.17) is 0 Å². The second kappa shape index (κ2) is 8.01. The quantitative estimate of drug-likeness (QED) is 0.848. The van der Waals surface area contributed by atoms with Gasteiger partial charge in [-0.25, -0.2) is 8.42 Å². The Bertz CT molecular complexity index is 873. The average Bonchev–Trinajstić information content (AvgIpc) is 3.18. The molecule has 2 aromatic rings. The molecule has 3 rings (SSSR count). The zero-order valence-electron chi connectivity index (χ0n) is 14.9. The standard InChI is InChI=1S/C20H24N2O3S/c1-16-9-10-18(15-19(16)26(24,25)22-13-5-6-14-22)20(23)21-12-11-17-7-3-2-4-8-17/h2-4,7-10,15H,5-6,11-14H2,1H3,(H,21,23). The number of aryl methyl sites for hydroxylation is 1. The first-order chi connectivity index (χ1) is 12.5. The largest absolute Gasteiger partial charge is 0.352 e. The van der Waals surface area contributed by atoms with Crippen LogP contribution in [0.25, 0.3) is 0 Å². The Hall–Kier alpha value is -2.18. The van der Waals surface area contributed by atoms with Gasteiger partial charge in [-0.2, -0.15) is 4.31 Å². The second-order valence-electron chi connectivity index (χ2n) is 6.58. The molecule has 138 valence electrons. The summed E-state index contributed by atoms with van der Waals surface area (Å²) in [5, 5.41) is 2.87. The highest BCUT2D eigenvalue weighted by Gasteiger charge is 2.29. The number of hydrogen-bond donors (Lipinski definition) is 1. The molecule has 2 aromatic carbocycles. The van der Waals surface area contributed by atoms with Gasteiger partial charge in [-0.15, -0.1) is 0 Å². The molecule has 0 unspecified atom stereocenters. The number of nitrogens with zero attached hydrogens (tertiary/aromatic N) is 1. The number of carbonyl (C=O) groups excluding carboxylic acids is 1. The normalized spacial score (nSPS) is 15.1. The zero-order valence-corrected chi connectivity index (χ0v) is 15.8. The minimum Gasteiger partial charge on any atom is -0.352 e. The Morgan fingerprint density at radius 2 is 1.77 bits per heavy atom. The van der Waals surface area contributed by atoms with Crippen molar-refractivity contribution < 1.29 is 13.2 Å². The third-order valence-electron chi connectivity index (χ3n) is 4.68. The maximum Gasteiger partial charge on any atom is 0.251 e. The molecule has 0 atom stereocenters. The topological polar surface area (TPSA) is 66.5 Å². The van der Waals surface area contributed by atoms with Gasteiger partial charge >= 0.3 is 0 Å². The summed E-state index contributed by atoms with van der Waals surface area (Å²) < 4.78 is 27.2. The molecule has 0 bridgehead atoms. The first kappa shape index (κ1) is 18.6. The molecule has 1 N–H and O–H groups in total. The van der Waals surface area contributed by atoms with Crippen molar-refractivity contribution in [3.05, 3.63) is 65.2 Å². The van der Waals surface area contributed by atoms with Crippen LogP contribution in [0.4, 0.5) is 0 Å². The molecule has 26 heavy (non-hydrogen) atoms. The van der Waals surface area contributed by atoms with Gasteiger partial charge in [0.1, 0.15) is 0 Å². The monoisotopic (exact) mass is 372 g/mol. The lowest BCUT2D eigenvalue weighted by atomic mass is 10.1. The van der Waals surface area contributed by atoms with Crippen LogP contribution >= 0.6 is 0 Å². The van der Waals surface area contributed by atoms with Crippen molar-refractivity contribution in [3.63, 3.8) is 0 Å². The van der Waals surface area contributed by atoms with Crippen LogP contribution in [0.3, 0.4) is 0 Å². The third-order valence-corrected chi connectivity index (χ3v) is 6.72. The van der Waals surface area contributed by atoms with Crippen LogP contribution in [0.5, 0.6) is 0 Å². The summed E-state index contributed by atoms with van der Waals surface area (Å²) in [4.78, 5) is 12.7.